The summed E-state index contributed by atoms with van der Waals surface area (Å²) in [4.78, 5) is 0. The molecule has 0 amide bonds. The van der Waals surface area contributed by atoms with Crippen LogP contribution in [0.1, 0.15) is 24.0 Å². The lowest BCUT2D eigenvalue weighted by molar-refractivity contribution is 0.530. The number of rotatable bonds is 3. The third kappa shape index (κ3) is 2.89. The summed E-state index contributed by atoms with van der Waals surface area (Å²) in [5.74, 6) is -0.679. The standard InChI is InChI=1S/C10H13FO2S/c1-7-3-4-10(11)9(5-7)8(2)6-14(12)13/h3-5,8H,6H2,1-2H3,(H,12,13)/p-1/t8-/m0/s1. The first-order chi connectivity index (χ1) is 6.50. The number of hydrogen-bond donors (Lipinski definition) is 0. The zero-order valence-corrected chi connectivity index (χ0v) is 8.94. The summed E-state index contributed by atoms with van der Waals surface area (Å²) in [7, 11) is 0. The van der Waals surface area contributed by atoms with Gasteiger partial charge in [0.05, 0.1) is 0 Å². The molecule has 0 heterocycles. The molecule has 0 saturated carbocycles. The number of halogens is 1. The number of benzene rings is 1. The van der Waals surface area contributed by atoms with E-state index >= 15 is 0 Å². The van der Waals surface area contributed by atoms with Crippen LogP contribution in [0.5, 0.6) is 0 Å². The highest BCUT2D eigenvalue weighted by Crippen LogP contribution is 2.20. The van der Waals surface area contributed by atoms with Gasteiger partial charge in [-0.15, -0.1) is 0 Å². The van der Waals surface area contributed by atoms with Crippen molar-refractivity contribution >= 4 is 11.1 Å². The van der Waals surface area contributed by atoms with Gasteiger partial charge in [-0.25, -0.2) is 4.39 Å². The maximum Gasteiger partial charge on any atom is 0.126 e. The monoisotopic (exact) mass is 215 g/mol. The molecule has 0 N–H and O–H groups in total. The van der Waals surface area contributed by atoms with E-state index in [1.807, 2.05) is 6.92 Å². The van der Waals surface area contributed by atoms with Crippen molar-refractivity contribution in [2.24, 2.45) is 0 Å². The zero-order valence-electron chi connectivity index (χ0n) is 8.12. The van der Waals surface area contributed by atoms with Crippen LogP contribution in [-0.4, -0.2) is 14.5 Å². The highest BCUT2D eigenvalue weighted by Gasteiger charge is 2.10. The Labute approximate surface area is 85.4 Å². The quantitative estimate of drug-likeness (QED) is 0.724. The molecule has 78 valence electrons. The first kappa shape index (κ1) is 11.3. The van der Waals surface area contributed by atoms with E-state index in [9.17, 15) is 13.2 Å². The number of hydrogen-bond acceptors (Lipinski definition) is 2. The van der Waals surface area contributed by atoms with Gasteiger partial charge in [0.1, 0.15) is 5.82 Å². The molecule has 0 fully saturated rings. The van der Waals surface area contributed by atoms with Gasteiger partial charge in [-0.05, 0) is 24.5 Å². The van der Waals surface area contributed by atoms with Gasteiger partial charge in [0.15, 0.2) is 0 Å². The van der Waals surface area contributed by atoms with Crippen molar-refractivity contribution in [3.63, 3.8) is 0 Å². The fourth-order valence-corrected chi connectivity index (χ4v) is 1.92. The van der Waals surface area contributed by atoms with Crippen molar-refractivity contribution in [2.75, 3.05) is 5.75 Å². The zero-order chi connectivity index (χ0) is 10.7. The Kier molecular flexibility index (Phi) is 3.77. The maximum atomic E-state index is 13.3. The highest BCUT2D eigenvalue weighted by atomic mass is 32.2. The average molecular weight is 215 g/mol. The predicted octanol–water partition coefficient (Wildman–Crippen LogP) is 2.12. The van der Waals surface area contributed by atoms with E-state index in [1.165, 1.54) is 6.07 Å². The summed E-state index contributed by atoms with van der Waals surface area (Å²) in [6, 6.07) is 4.72. The summed E-state index contributed by atoms with van der Waals surface area (Å²) in [5, 5.41) is 0. The van der Waals surface area contributed by atoms with Crippen LogP contribution >= 0.6 is 0 Å². The van der Waals surface area contributed by atoms with Crippen molar-refractivity contribution < 1.29 is 13.2 Å². The molecule has 0 aliphatic heterocycles. The summed E-state index contributed by atoms with van der Waals surface area (Å²) < 4.78 is 34.2. The lowest BCUT2D eigenvalue weighted by Crippen LogP contribution is -2.07. The van der Waals surface area contributed by atoms with Gasteiger partial charge in [-0.3, -0.25) is 4.21 Å². The fraction of sp³-hybridized carbons (Fsp3) is 0.400. The minimum absolute atomic E-state index is 0.0413. The molecule has 1 aromatic rings. The van der Waals surface area contributed by atoms with E-state index in [0.29, 0.717) is 5.56 Å². The van der Waals surface area contributed by atoms with E-state index in [1.54, 1.807) is 19.1 Å². The normalized spacial score (nSPS) is 15.1. The second kappa shape index (κ2) is 4.66. The second-order valence-electron chi connectivity index (χ2n) is 3.40. The third-order valence-electron chi connectivity index (χ3n) is 2.07. The molecule has 0 aliphatic carbocycles. The molecule has 0 bridgehead atoms. The van der Waals surface area contributed by atoms with E-state index in [0.717, 1.165) is 5.56 Å². The Balaban J connectivity index is 2.93. The van der Waals surface area contributed by atoms with Crippen LogP contribution in [0.25, 0.3) is 0 Å². The first-order valence-electron chi connectivity index (χ1n) is 4.32. The van der Waals surface area contributed by atoms with E-state index in [-0.39, 0.29) is 17.5 Å². The summed E-state index contributed by atoms with van der Waals surface area (Å²) in [6.45, 7) is 3.55. The van der Waals surface area contributed by atoms with Gasteiger partial charge in [0.2, 0.25) is 0 Å². The molecule has 1 rings (SSSR count). The molecule has 2 nitrogen and oxygen atoms in total. The highest BCUT2D eigenvalue weighted by molar-refractivity contribution is 7.79. The first-order valence-corrected chi connectivity index (χ1v) is 5.57. The second-order valence-corrected chi connectivity index (χ2v) is 4.34. The Hall–Kier alpha value is -0.740. The van der Waals surface area contributed by atoms with Crippen LogP contribution < -0.4 is 0 Å². The van der Waals surface area contributed by atoms with Crippen LogP contribution in [0.4, 0.5) is 4.39 Å². The Morgan fingerprint density at radius 1 is 1.57 bits per heavy atom. The molecule has 1 unspecified atom stereocenters. The van der Waals surface area contributed by atoms with Gasteiger partial charge < -0.3 is 4.55 Å². The molecule has 14 heavy (non-hydrogen) atoms. The summed E-state index contributed by atoms with van der Waals surface area (Å²) in [5.41, 5.74) is 1.40. The van der Waals surface area contributed by atoms with Crippen molar-refractivity contribution in [1.29, 1.82) is 0 Å². The van der Waals surface area contributed by atoms with Crippen LogP contribution in [0, 0.1) is 12.7 Å². The molecule has 0 radical (unpaired) electrons. The topological polar surface area (TPSA) is 40.1 Å². The smallest absolute Gasteiger partial charge is 0.126 e. The van der Waals surface area contributed by atoms with E-state index in [4.69, 9.17) is 0 Å². The largest absolute Gasteiger partial charge is 0.772 e. The minimum atomic E-state index is -2.13. The Morgan fingerprint density at radius 3 is 2.79 bits per heavy atom. The predicted molar refractivity (Wildman–Crippen MR) is 53.3 cm³/mol. The van der Waals surface area contributed by atoms with Gasteiger partial charge in [0.25, 0.3) is 0 Å². The molecular weight excluding hydrogens is 203 g/mol. The molecule has 0 aromatic heterocycles. The molecule has 0 aliphatic rings. The van der Waals surface area contributed by atoms with Gasteiger partial charge in [-0.2, -0.15) is 0 Å². The number of aryl methyl sites for hydroxylation is 1. The summed E-state index contributed by atoms with van der Waals surface area (Å²) in [6.07, 6.45) is 0. The fourth-order valence-electron chi connectivity index (χ4n) is 1.33. The van der Waals surface area contributed by atoms with Crippen molar-refractivity contribution in [3.8, 4) is 0 Å². The molecule has 0 spiro atoms. The molecule has 1 aromatic carbocycles. The maximum absolute atomic E-state index is 13.3. The lowest BCUT2D eigenvalue weighted by atomic mass is 10.0. The Bertz CT molecular complexity index is 352. The lowest BCUT2D eigenvalue weighted by Gasteiger charge is -2.14. The van der Waals surface area contributed by atoms with Gasteiger partial charge in [0, 0.05) is 5.75 Å². The van der Waals surface area contributed by atoms with Crippen molar-refractivity contribution in [1.82, 2.24) is 0 Å². The van der Waals surface area contributed by atoms with E-state index < -0.39 is 11.1 Å². The minimum Gasteiger partial charge on any atom is -0.772 e. The summed E-state index contributed by atoms with van der Waals surface area (Å²) >= 11 is -2.13. The van der Waals surface area contributed by atoms with Crippen molar-refractivity contribution in [2.45, 2.75) is 19.8 Å². The third-order valence-corrected chi connectivity index (χ3v) is 2.84. The molecule has 0 saturated heterocycles. The molecular formula is C10H12FO2S-. The van der Waals surface area contributed by atoms with Crippen LogP contribution in [0.3, 0.4) is 0 Å². The van der Waals surface area contributed by atoms with E-state index in [2.05, 4.69) is 0 Å². The Morgan fingerprint density at radius 2 is 2.21 bits per heavy atom. The van der Waals surface area contributed by atoms with Gasteiger partial charge in [-0.1, -0.05) is 35.7 Å². The van der Waals surface area contributed by atoms with Crippen LogP contribution in [-0.2, 0) is 11.1 Å². The van der Waals surface area contributed by atoms with Crippen LogP contribution in [0.15, 0.2) is 18.2 Å². The SMILES string of the molecule is Cc1ccc(F)c([C@@H](C)CS(=O)[O-])c1. The van der Waals surface area contributed by atoms with Crippen molar-refractivity contribution in [3.05, 3.63) is 35.1 Å². The average Bonchev–Trinajstić information content (AvgIpc) is 2.08. The molecule has 2 atom stereocenters. The molecule has 4 heteroatoms. The van der Waals surface area contributed by atoms with Crippen LogP contribution in [0.2, 0.25) is 0 Å². The van der Waals surface area contributed by atoms with Gasteiger partial charge >= 0.3 is 0 Å².